The molecule has 0 saturated heterocycles. The fourth-order valence-corrected chi connectivity index (χ4v) is 5.97. The number of nitrogens with zero attached hydrogens (tertiary/aromatic N) is 2. The van der Waals surface area contributed by atoms with Crippen LogP contribution in [-0.4, -0.2) is 58.5 Å². The maximum absolute atomic E-state index is 14.2. The van der Waals surface area contributed by atoms with E-state index in [1.165, 1.54) is 37.3 Å². The molecule has 0 unspecified atom stereocenters. The van der Waals surface area contributed by atoms with Gasteiger partial charge in [0.1, 0.15) is 12.6 Å². The van der Waals surface area contributed by atoms with Gasteiger partial charge in [-0.2, -0.15) is 0 Å². The fourth-order valence-electron chi connectivity index (χ4n) is 4.54. The Labute approximate surface area is 249 Å². The average molecular weight is 596 g/mol. The van der Waals surface area contributed by atoms with E-state index in [0.29, 0.717) is 24.5 Å². The summed E-state index contributed by atoms with van der Waals surface area (Å²) in [5.41, 5.74) is 2.05. The largest absolute Gasteiger partial charge is 0.493 e. The Hall–Kier alpha value is -4.05. The molecule has 0 spiro atoms. The molecule has 3 aromatic carbocycles. The number of ether oxygens (including phenoxy) is 2. The van der Waals surface area contributed by atoms with Crippen molar-refractivity contribution in [3.05, 3.63) is 83.9 Å². The number of hydrogen-bond acceptors (Lipinski definition) is 6. The molecule has 42 heavy (non-hydrogen) atoms. The van der Waals surface area contributed by atoms with Crippen LogP contribution in [0.3, 0.4) is 0 Å². The van der Waals surface area contributed by atoms with Gasteiger partial charge in [-0.25, -0.2) is 8.42 Å². The summed E-state index contributed by atoms with van der Waals surface area (Å²) in [4.78, 5) is 29.1. The number of methoxy groups -OCH3 is 2. The van der Waals surface area contributed by atoms with Crippen molar-refractivity contribution in [3.8, 4) is 11.5 Å². The van der Waals surface area contributed by atoms with Gasteiger partial charge in [0, 0.05) is 19.2 Å². The van der Waals surface area contributed by atoms with Gasteiger partial charge in [-0.1, -0.05) is 63.2 Å². The highest BCUT2D eigenvalue weighted by Gasteiger charge is 2.34. The Morgan fingerprint density at radius 3 is 2.14 bits per heavy atom. The standard InChI is InChI=1S/C32H41N3O6S/c1-7-28(32(37)33-20-23(2)3)34(21-25-14-12-11-13-24(25)4)31(36)22-35(42(38,39)27-15-9-8-10-16-27)26-17-18-29(40-5)30(19-26)41-6/h8-19,23,28H,7,20-22H2,1-6H3,(H,33,37)/t28-/m1/s1. The Kier molecular flexibility index (Phi) is 11.4. The molecule has 10 heteroatoms. The van der Waals surface area contributed by atoms with E-state index in [1.807, 2.05) is 52.0 Å². The van der Waals surface area contributed by atoms with Crippen LogP contribution in [0.2, 0.25) is 0 Å². The highest BCUT2D eigenvalue weighted by Crippen LogP contribution is 2.34. The summed E-state index contributed by atoms with van der Waals surface area (Å²) in [6.45, 7) is 7.83. The first kappa shape index (κ1) is 32.5. The Morgan fingerprint density at radius 2 is 1.55 bits per heavy atom. The number of hydrogen-bond donors (Lipinski definition) is 1. The minimum Gasteiger partial charge on any atom is -0.493 e. The molecule has 0 saturated carbocycles. The third-order valence-electron chi connectivity index (χ3n) is 6.94. The number of rotatable bonds is 14. The molecular weight excluding hydrogens is 554 g/mol. The molecule has 3 rings (SSSR count). The van der Waals surface area contributed by atoms with Crippen molar-refractivity contribution in [2.24, 2.45) is 5.92 Å². The summed E-state index contributed by atoms with van der Waals surface area (Å²) < 4.78 is 39.8. The SMILES string of the molecule is CC[C@H](C(=O)NCC(C)C)N(Cc1ccccc1C)C(=O)CN(c1ccc(OC)c(OC)c1)S(=O)(=O)c1ccccc1. The highest BCUT2D eigenvalue weighted by atomic mass is 32.2. The second-order valence-electron chi connectivity index (χ2n) is 10.4. The van der Waals surface area contributed by atoms with Gasteiger partial charge in [-0.3, -0.25) is 13.9 Å². The van der Waals surface area contributed by atoms with Crippen molar-refractivity contribution in [1.29, 1.82) is 0 Å². The number of carbonyl (C=O) groups excluding carboxylic acids is 2. The number of sulfonamides is 1. The van der Waals surface area contributed by atoms with Gasteiger partial charge in [0.15, 0.2) is 11.5 Å². The number of amides is 2. The number of aryl methyl sites for hydroxylation is 1. The van der Waals surface area contributed by atoms with Crippen LogP contribution in [0.25, 0.3) is 0 Å². The lowest BCUT2D eigenvalue weighted by Crippen LogP contribution is -2.52. The van der Waals surface area contributed by atoms with Crippen molar-refractivity contribution >= 4 is 27.5 Å². The van der Waals surface area contributed by atoms with E-state index >= 15 is 0 Å². The smallest absolute Gasteiger partial charge is 0.264 e. The molecule has 0 heterocycles. The molecule has 3 aromatic rings. The van der Waals surface area contributed by atoms with Crippen LogP contribution in [0.4, 0.5) is 5.69 Å². The molecule has 0 radical (unpaired) electrons. The van der Waals surface area contributed by atoms with E-state index in [0.717, 1.165) is 15.4 Å². The van der Waals surface area contributed by atoms with Crippen LogP contribution >= 0.6 is 0 Å². The summed E-state index contributed by atoms with van der Waals surface area (Å²) in [6.07, 6.45) is 0.351. The maximum Gasteiger partial charge on any atom is 0.264 e. The van der Waals surface area contributed by atoms with Crippen LogP contribution < -0.4 is 19.1 Å². The predicted octanol–water partition coefficient (Wildman–Crippen LogP) is 4.79. The number of anilines is 1. The molecule has 1 N–H and O–H groups in total. The first-order chi connectivity index (χ1) is 20.0. The van der Waals surface area contributed by atoms with Gasteiger partial charge < -0.3 is 19.7 Å². The van der Waals surface area contributed by atoms with E-state index < -0.39 is 28.5 Å². The minimum absolute atomic E-state index is 0.0276. The monoisotopic (exact) mass is 595 g/mol. The van der Waals surface area contributed by atoms with Crippen molar-refractivity contribution < 1.29 is 27.5 Å². The fraction of sp³-hybridized carbons (Fsp3) is 0.375. The van der Waals surface area contributed by atoms with Crippen molar-refractivity contribution in [3.63, 3.8) is 0 Å². The maximum atomic E-state index is 14.2. The molecule has 0 bridgehead atoms. The summed E-state index contributed by atoms with van der Waals surface area (Å²) >= 11 is 0. The second-order valence-corrected chi connectivity index (χ2v) is 12.2. The van der Waals surface area contributed by atoms with Gasteiger partial charge >= 0.3 is 0 Å². The summed E-state index contributed by atoms with van der Waals surface area (Å²) in [6, 6.07) is 19.4. The molecule has 0 fully saturated rings. The summed E-state index contributed by atoms with van der Waals surface area (Å²) in [7, 11) is -1.26. The van der Waals surface area contributed by atoms with E-state index in [1.54, 1.807) is 30.3 Å². The topological polar surface area (TPSA) is 105 Å². The molecular formula is C32H41N3O6S. The predicted molar refractivity (Wildman–Crippen MR) is 164 cm³/mol. The van der Waals surface area contributed by atoms with Crippen LogP contribution in [0.5, 0.6) is 11.5 Å². The Balaban J connectivity index is 2.10. The molecule has 0 aliphatic heterocycles. The molecule has 0 aromatic heterocycles. The molecule has 0 aliphatic rings. The van der Waals surface area contributed by atoms with E-state index in [2.05, 4.69) is 5.32 Å². The zero-order valence-corrected chi connectivity index (χ0v) is 26.0. The van der Waals surface area contributed by atoms with Gasteiger partial charge in [-0.15, -0.1) is 0 Å². The Bertz CT molecular complexity index is 1460. The van der Waals surface area contributed by atoms with Crippen molar-refractivity contribution in [2.75, 3.05) is 31.6 Å². The molecule has 226 valence electrons. The Morgan fingerprint density at radius 1 is 0.905 bits per heavy atom. The van der Waals surface area contributed by atoms with Crippen LogP contribution in [0, 0.1) is 12.8 Å². The quantitative estimate of drug-likeness (QED) is 0.288. The van der Waals surface area contributed by atoms with Gasteiger partial charge in [0.2, 0.25) is 11.8 Å². The van der Waals surface area contributed by atoms with Crippen LogP contribution in [-0.2, 0) is 26.2 Å². The van der Waals surface area contributed by atoms with E-state index in [4.69, 9.17) is 9.47 Å². The number of benzene rings is 3. The van der Waals surface area contributed by atoms with Gasteiger partial charge in [-0.05, 0) is 54.7 Å². The lowest BCUT2D eigenvalue weighted by atomic mass is 10.1. The molecule has 9 nitrogen and oxygen atoms in total. The lowest BCUT2D eigenvalue weighted by molar-refractivity contribution is -0.140. The zero-order chi connectivity index (χ0) is 30.9. The van der Waals surface area contributed by atoms with Crippen molar-refractivity contribution in [2.45, 2.75) is 51.6 Å². The first-order valence-electron chi connectivity index (χ1n) is 13.9. The minimum atomic E-state index is -4.19. The molecule has 1 atom stereocenters. The van der Waals surface area contributed by atoms with Crippen molar-refractivity contribution in [1.82, 2.24) is 10.2 Å². The van der Waals surface area contributed by atoms with Gasteiger partial charge in [0.05, 0.1) is 24.8 Å². The summed E-state index contributed by atoms with van der Waals surface area (Å²) in [5, 5.41) is 2.94. The number of nitrogens with one attached hydrogen (secondary N) is 1. The zero-order valence-electron chi connectivity index (χ0n) is 25.2. The van der Waals surface area contributed by atoms with Crippen LogP contribution in [0.1, 0.15) is 38.3 Å². The molecule has 0 aliphatic carbocycles. The highest BCUT2D eigenvalue weighted by molar-refractivity contribution is 7.92. The second kappa shape index (κ2) is 14.7. The lowest BCUT2D eigenvalue weighted by Gasteiger charge is -2.33. The molecule has 2 amide bonds. The third-order valence-corrected chi connectivity index (χ3v) is 8.73. The third kappa shape index (κ3) is 7.82. The summed E-state index contributed by atoms with van der Waals surface area (Å²) in [5.74, 6) is 0.157. The normalized spacial score (nSPS) is 12.0. The van der Waals surface area contributed by atoms with Gasteiger partial charge in [0.25, 0.3) is 10.0 Å². The van der Waals surface area contributed by atoms with Crippen LogP contribution in [0.15, 0.2) is 77.7 Å². The van der Waals surface area contributed by atoms with E-state index in [-0.39, 0.29) is 29.0 Å². The average Bonchev–Trinajstić information content (AvgIpc) is 2.99. The number of carbonyl (C=O) groups is 2. The van der Waals surface area contributed by atoms with E-state index in [9.17, 15) is 18.0 Å². The first-order valence-corrected chi connectivity index (χ1v) is 15.4.